The van der Waals surface area contributed by atoms with Crippen LogP contribution < -0.4 is 15.5 Å². The van der Waals surface area contributed by atoms with Gasteiger partial charge in [0.05, 0.1) is 5.56 Å². The molecule has 27 heavy (non-hydrogen) atoms. The summed E-state index contributed by atoms with van der Waals surface area (Å²) in [5.74, 6) is 0.00297. The number of nitrogens with zero attached hydrogens (tertiary/aromatic N) is 1. The number of amides is 2. The Morgan fingerprint density at radius 1 is 1.33 bits per heavy atom. The molecule has 2 amide bonds. The van der Waals surface area contributed by atoms with Crippen molar-refractivity contribution < 1.29 is 14.3 Å². The first-order chi connectivity index (χ1) is 12.9. The van der Waals surface area contributed by atoms with Crippen LogP contribution in [0.2, 0.25) is 0 Å². The summed E-state index contributed by atoms with van der Waals surface area (Å²) in [6, 6.07) is 13.0. The predicted octanol–water partition coefficient (Wildman–Crippen LogP) is 3.86. The van der Waals surface area contributed by atoms with E-state index in [-0.39, 0.29) is 18.0 Å². The maximum absolute atomic E-state index is 12.9. The number of fused-ring (bicyclic) bond motifs is 1. The number of halogens is 1. The normalized spacial score (nSPS) is 17.0. The van der Waals surface area contributed by atoms with Crippen LogP contribution in [0.4, 0.5) is 5.69 Å². The molecule has 0 saturated carbocycles. The summed E-state index contributed by atoms with van der Waals surface area (Å²) < 4.78 is 6.56. The number of carbonyl (C=O) groups excluding carboxylic acids is 2. The number of rotatable bonds is 5. The molecule has 1 aliphatic heterocycles. The number of hydrogen-bond acceptors (Lipinski definition) is 4. The maximum atomic E-state index is 12.9. The lowest BCUT2D eigenvalue weighted by Gasteiger charge is -2.37. The van der Waals surface area contributed by atoms with Crippen molar-refractivity contribution in [3.05, 3.63) is 58.1 Å². The van der Waals surface area contributed by atoms with Crippen LogP contribution in [0.25, 0.3) is 0 Å². The Kier molecular flexibility index (Phi) is 5.70. The summed E-state index contributed by atoms with van der Waals surface area (Å²) in [6.07, 6.45) is -0.449. The van der Waals surface area contributed by atoms with E-state index in [2.05, 4.69) is 26.7 Å². The molecular formula is C20H22BrN3O3. The first-order valence-electron chi connectivity index (χ1n) is 8.83. The molecule has 0 bridgehead atoms. The maximum Gasteiger partial charge on any atom is 0.279 e. The van der Waals surface area contributed by atoms with Crippen LogP contribution in [0.3, 0.4) is 0 Å². The minimum absolute atomic E-state index is 0.256. The van der Waals surface area contributed by atoms with E-state index in [0.29, 0.717) is 17.7 Å². The van der Waals surface area contributed by atoms with Crippen LogP contribution in [0.5, 0.6) is 5.75 Å². The minimum atomic E-state index is -0.750. The molecule has 2 atom stereocenters. The molecule has 142 valence electrons. The van der Waals surface area contributed by atoms with Crippen molar-refractivity contribution in [2.24, 2.45) is 0 Å². The van der Waals surface area contributed by atoms with Crippen LogP contribution in [-0.4, -0.2) is 29.1 Å². The Morgan fingerprint density at radius 2 is 2.07 bits per heavy atom. The number of nitrogens with one attached hydrogen (secondary N) is 2. The highest BCUT2D eigenvalue weighted by Gasteiger charge is 2.33. The average Bonchev–Trinajstić information content (AvgIpc) is 2.66. The van der Waals surface area contributed by atoms with Gasteiger partial charge in [0, 0.05) is 10.2 Å². The van der Waals surface area contributed by atoms with Gasteiger partial charge in [-0.15, -0.1) is 0 Å². The molecule has 3 rings (SSSR count). The molecule has 0 fully saturated rings. The number of carbonyl (C=O) groups is 2. The second-order valence-corrected chi connectivity index (χ2v) is 7.35. The average molecular weight is 432 g/mol. The highest BCUT2D eigenvalue weighted by Crippen LogP contribution is 2.28. The van der Waals surface area contributed by atoms with Crippen molar-refractivity contribution in [3.8, 4) is 5.75 Å². The van der Waals surface area contributed by atoms with Crippen molar-refractivity contribution in [1.82, 2.24) is 10.4 Å². The van der Waals surface area contributed by atoms with Crippen LogP contribution in [0.15, 0.2) is 46.9 Å². The number of anilines is 1. The standard InChI is InChI=1S/C20H22BrN3O3/c1-4-18-22-16-10-9-14(21)11-15(16)20(26)24(18)23-19(25)13(3)27-17-8-6-5-7-12(17)2/h5-11,13,18,22H,4H2,1-3H3,(H,23,25). The van der Waals surface area contributed by atoms with E-state index in [9.17, 15) is 9.59 Å². The minimum Gasteiger partial charge on any atom is -0.481 e. The highest BCUT2D eigenvalue weighted by molar-refractivity contribution is 9.10. The molecular weight excluding hydrogens is 410 g/mol. The summed E-state index contributed by atoms with van der Waals surface area (Å²) in [5.41, 5.74) is 4.91. The predicted molar refractivity (Wildman–Crippen MR) is 107 cm³/mol. The third-order valence-electron chi connectivity index (χ3n) is 4.45. The van der Waals surface area contributed by atoms with Gasteiger partial charge < -0.3 is 10.1 Å². The third kappa shape index (κ3) is 4.08. The van der Waals surface area contributed by atoms with E-state index in [0.717, 1.165) is 15.7 Å². The fraction of sp³-hybridized carbons (Fsp3) is 0.300. The molecule has 0 aromatic heterocycles. The number of ether oxygens (including phenoxy) is 1. The first kappa shape index (κ1) is 19.2. The van der Waals surface area contributed by atoms with Crippen LogP contribution in [0.1, 0.15) is 36.2 Å². The first-order valence-corrected chi connectivity index (χ1v) is 9.62. The Morgan fingerprint density at radius 3 is 2.78 bits per heavy atom. The number of aryl methyl sites for hydroxylation is 1. The number of hydrazine groups is 1. The van der Waals surface area contributed by atoms with Gasteiger partial charge in [-0.1, -0.05) is 41.1 Å². The summed E-state index contributed by atoms with van der Waals surface area (Å²) in [5, 5.41) is 4.63. The summed E-state index contributed by atoms with van der Waals surface area (Å²) in [6.45, 7) is 5.52. The zero-order valence-corrected chi connectivity index (χ0v) is 17.0. The summed E-state index contributed by atoms with van der Waals surface area (Å²) >= 11 is 3.38. The Labute approximate surface area is 167 Å². The molecule has 2 N–H and O–H groups in total. The Hall–Kier alpha value is -2.54. The van der Waals surface area contributed by atoms with Gasteiger partial charge in [0.25, 0.3) is 11.8 Å². The molecule has 2 aromatic carbocycles. The lowest BCUT2D eigenvalue weighted by atomic mass is 10.1. The zero-order chi connectivity index (χ0) is 19.6. The Bertz CT molecular complexity index is 871. The zero-order valence-electron chi connectivity index (χ0n) is 15.5. The van der Waals surface area contributed by atoms with Gasteiger partial charge in [-0.2, -0.15) is 0 Å². The SMILES string of the molecule is CCC1Nc2ccc(Br)cc2C(=O)N1NC(=O)C(C)Oc1ccccc1C. The van der Waals surface area contributed by atoms with Gasteiger partial charge >= 0.3 is 0 Å². The molecule has 0 saturated heterocycles. The molecule has 0 spiro atoms. The van der Waals surface area contributed by atoms with Gasteiger partial charge in [0.2, 0.25) is 0 Å². The second-order valence-electron chi connectivity index (χ2n) is 6.44. The van der Waals surface area contributed by atoms with Gasteiger partial charge in [-0.05, 0) is 50.1 Å². The monoisotopic (exact) mass is 431 g/mol. The summed E-state index contributed by atoms with van der Waals surface area (Å²) in [4.78, 5) is 25.6. The third-order valence-corrected chi connectivity index (χ3v) is 4.94. The molecule has 7 heteroatoms. The van der Waals surface area contributed by atoms with Crippen molar-refractivity contribution in [2.45, 2.75) is 39.5 Å². The molecule has 2 aromatic rings. The molecule has 0 radical (unpaired) electrons. The van der Waals surface area contributed by atoms with E-state index < -0.39 is 6.10 Å². The number of para-hydroxylation sites is 1. The fourth-order valence-corrected chi connectivity index (χ4v) is 3.25. The quantitative estimate of drug-likeness (QED) is 0.753. The van der Waals surface area contributed by atoms with Crippen molar-refractivity contribution >= 4 is 33.4 Å². The number of hydrogen-bond donors (Lipinski definition) is 2. The molecule has 1 aliphatic rings. The van der Waals surface area contributed by atoms with Crippen LogP contribution >= 0.6 is 15.9 Å². The van der Waals surface area contributed by atoms with Gasteiger partial charge in [0.1, 0.15) is 11.9 Å². The summed E-state index contributed by atoms with van der Waals surface area (Å²) in [7, 11) is 0. The van der Waals surface area contributed by atoms with E-state index in [1.54, 1.807) is 13.0 Å². The van der Waals surface area contributed by atoms with Gasteiger partial charge in [-0.25, -0.2) is 5.01 Å². The van der Waals surface area contributed by atoms with E-state index in [1.807, 2.05) is 50.2 Å². The van der Waals surface area contributed by atoms with Crippen LogP contribution in [-0.2, 0) is 4.79 Å². The van der Waals surface area contributed by atoms with E-state index in [1.165, 1.54) is 5.01 Å². The van der Waals surface area contributed by atoms with Crippen LogP contribution in [0, 0.1) is 6.92 Å². The number of benzene rings is 2. The highest BCUT2D eigenvalue weighted by atomic mass is 79.9. The fourth-order valence-electron chi connectivity index (χ4n) is 2.89. The molecule has 0 aliphatic carbocycles. The van der Waals surface area contributed by atoms with Crippen molar-refractivity contribution in [3.63, 3.8) is 0 Å². The lowest BCUT2D eigenvalue weighted by Crippen LogP contribution is -2.59. The van der Waals surface area contributed by atoms with Crippen molar-refractivity contribution in [1.29, 1.82) is 0 Å². The molecule has 2 unspecified atom stereocenters. The molecule has 6 nitrogen and oxygen atoms in total. The topological polar surface area (TPSA) is 70.7 Å². The van der Waals surface area contributed by atoms with Gasteiger partial charge in [0.15, 0.2) is 6.10 Å². The second kappa shape index (κ2) is 8.00. The van der Waals surface area contributed by atoms with E-state index in [4.69, 9.17) is 4.74 Å². The lowest BCUT2D eigenvalue weighted by molar-refractivity contribution is -0.132. The van der Waals surface area contributed by atoms with Gasteiger partial charge in [-0.3, -0.25) is 15.0 Å². The molecule has 1 heterocycles. The largest absolute Gasteiger partial charge is 0.481 e. The smallest absolute Gasteiger partial charge is 0.279 e. The van der Waals surface area contributed by atoms with E-state index >= 15 is 0 Å². The van der Waals surface area contributed by atoms with Crippen molar-refractivity contribution in [2.75, 3.05) is 5.32 Å². The Balaban J connectivity index is 1.75.